The van der Waals surface area contributed by atoms with Gasteiger partial charge in [-0.3, -0.25) is 14.5 Å². The average Bonchev–Trinajstić information content (AvgIpc) is 3.26. The molecule has 0 atom stereocenters. The zero-order valence-electron chi connectivity index (χ0n) is 14.7. The minimum atomic E-state index is -0.167. The minimum Gasteiger partial charge on any atom is -0.361 e. The molecule has 0 spiro atoms. The molecule has 26 heavy (non-hydrogen) atoms. The second-order valence-electron chi connectivity index (χ2n) is 6.49. The van der Waals surface area contributed by atoms with E-state index in [1.807, 2.05) is 16.8 Å². The number of fused-ring (bicyclic) bond motifs is 1. The van der Waals surface area contributed by atoms with Crippen molar-refractivity contribution < 1.29 is 9.32 Å². The van der Waals surface area contributed by atoms with Gasteiger partial charge in [0.1, 0.15) is 11.3 Å². The van der Waals surface area contributed by atoms with Gasteiger partial charge in [0.05, 0.1) is 18.4 Å². The number of rotatable bonds is 5. The summed E-state index contributed by atoms with van der Waals surface area (Å²) in [6, 6.07) is 4.00. The predicted molar refractivity (Wildman–Crippen MR) is 95.7 cm³/mol. The Kier molecular flexibility index (Phi) is 4.51. The summed E-state index contributed by atoms with van der Waals surface area (Å²) in [5, 5.41) is 11.4. The number of aromatic nitrogens is 4. The Hall–Kier alpha value is -2.96. The Morgan fingerprint density at radius 3 is 2.85 bits per heavy atom. The molecule has 3 aromatic rings. The molecule has 3 heterocycles. The van der Waals surface area contributed by atoms with E-state index in [0.717, 1.165) is 24.1 Å². The number of carbonyl (C=O) groups excluding carboxylic acids is 1. The van der Waals surface area contributed by atoms with Crippen molar-refractivity contribution in [2.45, 2.75) is 39.2 Å². The monoisotopic (exact) mass is 351 g/mol. The van der Waals surface area contributed by atoms with Crippen molar-refractivity contribution in [3.63, 3.8) is 0 Å². The second kappa shape index (κ2) is 7.11. The summed E-state index contributed by atoms with van der Waals surface area (Å²) < 4.78 is 6.99. The van der Waals surface area contributed by atoms with Crippen LogP contribution < -0.4 is 5.32 Å². The highest BCUT2D eigenvalue weighted by molar-refractivity contribution is 5.94. The molecule has 1 aliphatic carbocycles. The fraction of sp³-hybridized carbons (Fsp3) is 0.368. The lowest BCUT2D eigenvalue weighted by atomic mass is 9.94. The second-order valence-corrected chi connectivity index (χ2v) is 6.49. The van der Waals surface area contributed by atoms with E-state index in [2.05, 4.69) is 15.5 Å². The molecule has 7 heteroatoms. The van der Waals surface area contributed by atoms with Gasteiger partial charge in [-0.2, -0.15) is 5.10 Å². The fourth-order valence-corrected chi connectivity index (χ4v) is 3.48. The fourth-order valence-electron chi connectivity index (χ4n) is 3.48. The Bertz CT molecular complexity index is 913. The lowest BCUT2D eigenvalue weighted by Crippen LogP contribution is -2.28. The minimum absolute atomic E-state index is 0.167. The van der Waals surface area contributed by atoms with E-state index in [1.54, 1.807) is 19.3 Å². The molecule has 0 saturated heterocycles. The Morgan fingerprint density at radius 2 is 2.08 bits per heavy atom. The summed E-state index contributed by atoms with van der Waals surface area (Å²) in [4.78, 5) is 16.3. The van der Waals surface area contributed by atoms with Gasteiger partial charge in [0.15, 0.2) is 0 Å². The van der Waals surface area contributed by atoms with Crippen LogP contribution in [0, 0.1) is 6.92 Å². The highest BCUT2D eigenvalue weighted by Gasteiger charge is 2.21. The quantitative estimate of drug-likeness (QED) is 0.763. The van der Waals surface area contributed by atoms with E-state index < -0.39 is 0 Å². The maximum Gasteiger partial charge on any atom is 0.256 e. The summed E-state index contributed by atoms with van der Waals surface area (Å²) in [5.74, 6) is 0.359. The van der Waals surface area contributed by atoms with Crippen LogP contribution in [0.15, 0.2) is 35.2 Å². The topological polar surface area (TPSA) is 85.8 Å². The third-order valence-corrected chi connectivity index (χ3v) is 4.82. The van der Waals surface area contributed by atoms with Gasteiger partial charge in [-0.15, -0.1) is 0 Å². The molecule has 0 aromatic carbocycles. The van der Waals surface area contributed by atoms with Crippen LogP contribution in [0.25, 0.3) is 11.3 Å². The van der Waals surface area contributed by atoms with Crippen LogP contribution in [0.4, 0.5) is 0 Å². The molecule has 0 fully saturated rings. The van der Waals surface area contributed by atoms with Crippen molar-refractivity contribution in [2.75, 3.05) is 6.54 Å². The molecule has 0 saturated carbocycles. The summed E-state index contributed by atoms with van der Waals surface area (Å²) in [6.45, 7) is 2.88. The van der Waals surface area contributed by atoms with Gasteiger partial charge in [0.25, 0.3) is 5.91 Å². The number of hydrogen-bond acceptors (Lipinski definition) is 5. The van der Waals surface area contributed by atoms with E-state index in [9.17, 15) is 4.79 Å². The van der Waals surface area contributed by atoms with E-state index in [4.69, 9.17) is 9.62 Å². The van der Waals surface area contributed by atoms with E-state index in [1.165, 1.54) is 30.3 Å². The molecule has 0 aliphatic heterocycles. The summed E-state index contributed by atoms with van der Waals surface area (Å²) in [6.07, 6.45) is 9.50. The summed E-state index contributed by atoms with van der Waals surface area (Å²) in [5.41, 5.74) is 5.25. The van der Waals surface area contributed by atoms with Gasteiger partial charge in [-0.05, 0) is 44.7 Å². The van der Waals surface area contributed by atoms with Gasteiger partial charge in [0, 0.05) is 35.8 Å². The highest BCUT2D eigenvalue weighted by Crippen LogP contribution is 2.30. The number of nitrogens with one attached hydrogen (secondary N) is 1. The van der Waals surface area contributed by atoms with E-state index >= 15 is 0 Å². The lowest BCUT2D eigenvalue weighted by molar-refractivity contribution is 0.0950. The third kappa shape index (κ3) is 3.12. The van der Waals surface area contributed by atoms with Gasteiger partial charge in [-0.25, -0.2) is 0 Å². The summed E-state index contributed by atoms with van der Waals surface area (Å²) >= 11 is 0. The SMILES string of the molecule is Cc1oncc1C(=O)NCCn1nc(-c2ccncc2)c2c1CCCC2. The molecular weight excluding hydrogens is 330 g/mol. The Morgan fingerprint density at radius 1 is 1.27 bits per heavy atom. The number of pyridine rings is 1. The number of aryl methyl sites for hydroxylation is 1. The Balaban J connectivity index is 1.51. The number of nitrogens with zero attached hydrogens (tertiary/aromatic N) is 4. The molecule has 0 bridgehead atoms. The molecule has 3 aromatic heterocycles. The molecule has 0 radical (unpaired) electrons. The first-order chi connectivity index (χ1) is 12.7. The van der Waals surface area contributed by atoms with Crippen molar-refractivity contribution in [2.24, 2.45) is 0 Å². The van der Waals surface area contributed by atoms with Crippen molar-refractivity contribution in [3.05, 3.63) is 53.3 Å². The number of hydrogen-bond donors (Lipinski definition) is 1. The van der Waals surface area contributed by atoms with E-state index in [-0.39, 0.29) is 5.91 Å². The maximum absolute atomic E-state index is 12.2. The predicted octanol–water partition coefficient (Wildman–Crippen LogP) is 2.55. The van der Waals surface area contributed by atoms with Gasteiger partial charge >= 0.3 is 0 Å². The first kappa shape index (κ1) is 16.5. The first-order valence-corrected chi connectivity index (χ1v) is 8.92. The Labute approximate surface area is 151 Å². The van der Waals surface area contributed by atoms with Crippen molar-refractivity contribution in [3.8, 4) is 11.3 Å². The zero-order chi connectivity index (χ0) is 17.9. The van der Waals surface area contributed by atoms with Crippen LogP contribution in [-0.2, 0) is 19.4 Å². The van der Waals surface area contributed by atoms with Crippen LogP contribution in [0.5, 0.6) is 0 Å². The largest absolute Gasteiger partial charge is 0.361 e. The van der Waals surface area contributed by atoms with Crippen LogP contribution in [0.1, 0.15) is 40.2 Å². The standard InChI is InChI=1S/C19H21N5O2/c1-13-16(12-22-26-13)19(25)21-10-11-24-17-5-3-2-4-15(17)18(23-24)14-6-8-20-9-7-14/h6-9,12H,2-5,10-11H2,1H3,(H,21,25). The van der Waals surface area contributed by atoms with Crippen molar-refractivity contribution >= 4 is 5.91 Å². The van der Waals surface area contributed by atoms with Crippen molar-refractivity contribution in [1.29, 1.82) is 0 Å². The smallest absolute Gasteiger partial charge is 0.256 e. The van der Waals surface area contributed by atoms with Gasteiger partial charge in [0.2, 0.25) is 0 Å². The highest BCUT2D eigenvalue weighted by atomic mass is 16.5. The molecule has 1 amide bonds. The normalized spacial score (nSPS) is 13.4. The van der Waals surface area contributed by atoms with Gasteiger partial charge in [-0.1, -0.05) is 5.16 Å². The van der Waals surface area contributed by atoms with Crippen LogP contribution in [0.3, 0.4) is 0 Å². The van der Waals surface area contributed by atoms with Gasteiger partial charge < -0.3 is 9.84 Å². The first-order valence-electron chi connectivity index (χ1n) is 8.92. The third-order valence-electron chi connectivity index (χ3n) is 4.82. The molecule has 0 unspecified atom stereocenters. The van der Waals surface area contributed by atoms with Crippen LogP contribution in [0.2, 0.25) is 0 Å². The lowest BCUT2D eigenvalue weighted by Gasteiger charge is -2.14. The van der Waals surface area contributed by atoms with Crippen molar-refractivity contribution in [1.82, 2.24) is 25.2 Å². The molecule has 1 N–H and O–H groups in total. The number of carbonyl (C=O) groups is 1. The average molecular weight is 351 g/mol. The molecule has 7 nitrogen and oxygen atoms in total. The maximum atomic E-state index is 12.2. The molecular formula is C19H21N5O2. The van der Waals surface area contributed by atoms with Crippen LogP contribution in [-0.4, -0.2) is 32.4 Å². The zero-order valence-corrected chi connectivity index (χ0v) is 14.7. The molecule has 134 valence electrons. The molecule has 1 aliphatic rings. The number of amides is 1. The van der Waals surface area contributed by atoms with E-state index in [0.29, 0.717) is 24.4 Å². The molecule has 4 rings (SSSR count). The van der Waals surface area contributed by atoms with Crippen LogP contribution >= 0.6 is 0 Å². The summed E-state index contributed by atoms with van der Waals surface area (Å²) in [7, 11) is 0.